The summed E-state index contributed by atoms with van der Waals surface area (Å²) in [4.78, 5) is 27.7. The first kappa shape index (κ1) is 27.9. The third-order valence-corrected chi connectivity index (χ3v) is 8.03. The molecule has 0 aliphatic carbocycles. The number of nitrogens with one attached hydrogen (secondary N) is 1. The highest BCUT2D eigenvalue weighted by atomic mass is 32.2. The molecule has 1 aliphatic rings. The van der Waals surface area contributed by atoms with Gasteiger partial charge in [-0.2, -0.15) is 0 Å². The van der Waals surface area contributed by atoms with Crippen molar-refractivity contribution in [3.05, 3.63) is 84.2 Å². The minimum Gasteiger partial charge on any atom is -0.486 e. The first-order valence-electron chi connectivity index (χ1n) is 12.5. The van der Waals surface area contributed by atoms with Gasteiger partial charge >= 0.3 is 0 Å². The number of sulfonamides is 1. The number of anilines is 1. The van der Waals surface area contributed by atoms with Crippen LogP contribution in [0.15, 0.2) is 77.7 Å². The Bertz CT molecular complexity index is 1430. The molecule has 0 saturated carbocycles. The highest BCUT2D eigenvalue weighted by Crippen LogP contribution is 2.36. The summed E-state index contributed by atoms with van der Waals surface area (Å²) in [6.45, 7) is 3.37. The molecule has 0 aromatic heterocycles. The molecule has 1 atom stereocenters. The number of ether oxygens (including phenoxy) is 2. The monoisotopic (exact) mass is 555 g/mol. The van der Waals surface area contributed by atoms with Crippen LogP contribution in [-0.4, -0.2) is 57.5 Å². The summed E-state index contributed by atoms with van der Waals surface area (Å²) in [5.74, 6) is -0.873. The summed E-state index contributed by atoms with van der Waals surface area (Å²) in [5.41, 5.74) is 0.367. The molecule has 206 valence electrons. The Labute approximate surface area is 227 Å². The Morgan fingerprint density at radius 2 is 1.64 bits per heavy atom. The first-order chi connectivity index (χ1) is 18.7. The van der Waals surface area contributed by atoms with Gasteiger partial charge in [-0.05, 0) is 44.2 Å². The van der Waals surface area contributed by atoms with Gasteiger partial charge in [0.15, 0.2) is 11.5 Å². The zero-order valence-electron chi connectivity index (χ0n) is 21.7. The van der Waals surface area contributed by atoms with Gasteiger partial charge in [-0.15, -0.1) is 0 Å². The van der Waals surface area contributed by atoms with E-state index in [2.05, 4.69) is 5.32 Å². The van der Waals surface area contributed by atoms with Crippen molar-refractivity contribution in [3.8, 4) is 11.5 Å². The van der Waals surface area contributed by atoms with E-state index in [0.29, 0.717) is 31.3 Å². The van der Waals surface area contributed by atoms with Crippen molar-refractivity contribution >= 4 is 27.5 Å². The van der Waals surface area contributed by atoms with Crippen LogP contribution < -0.4 is 19.1 Å². The molecular formula is C28H30FN3O6S. The van der Waals surface area contributed by atoms with Crippen LogP contribution in [0, 0.1) is 5.82 Å². The van der Waals surface area contributed by atoms with Crippen LogP contribution in [0.2, 0.25) is 0 Å². The van der Waals surface area contributed by atoms with Crippen LogP contribution in [0.25, 0.3) is 0 Å². The molecule has 0 unspecified atom stereocenters. The quantitative estimate of drug-likeness (QED) is 0.412. The molecule has 1 N–H and O–H groups in total. The number of hydrogen-bond donors (Lipinski definition) is 1. The van der Waals surface area contributed by atoms with Crippen molar-refractivity contribution < 1.29 is 31.9 Å². The predicted octanol–water partition coefficient (Wildman–Crippen LogP) is 3.35. The molecule has 0 spiro atoms. The Balaban J connectivity index is 1.74. The fourth-order valence-electron chi connectivity index (χ4n) is 4.15. The number of hydrogen-bond acceptors (Lipinski definition) is 6. The lowest BCUT2D eigenvalue weighted by Crippen LogP contribution is -2.51. The number of carbonyl (C=O) groups excluding carboxylic acids is 2. The number of fused-ring (bicyclic) bond motifs is 1. The Morgan fingerprint density at radius 1 is 0.974 bits per heavy atom. The van der Waals surface area contributed by atoms with Crippen LogP contribution in [0.1, 0.15) is 19.4 Å². The van der Waals surface area contributed by atoms with Gasteiger partial charge in [0.25, 0.3) is 10.0 Å². The lowest BCUT2D eigenvalue weighted by molar-refractivity contribution is -0.139. The van der Waals surface area contributed by atoms with E-state index in [0.717, 1.165) is 4.31 Å². The van der Waals surface area contributed by atoms with E-state index in [9.17, 15) is 22.4 Å². The van der Waals surface area contributed by atoms with Gasteiger partial charge in [0.1, 0.15) is 31.6 Å². The van der Waals surface area contributed by atoms with Crippen molar-refractivity contribution in [2.75, 3.05) is 30.6 Å². The van der Waals surface area contributed by atoms with Gasteiger partial charge < -0.3 is 19.7 Å². The Hall–Kier alpha value is -4.12. The molecule has 2 amide bonds. The second-order valence-corrected chi connectivity index (χ2v) is 10.7. The third-order valence-electron chi connectivity index (χ3n) is 6.24. The highest BCUT2D eigenvalue weighted by molar-refractivity contribution is 7.92. The molecular weight excluding hydrogens is 525 g/mol. The van der Waals surface area contributed by atoms with Crippen LogP contribution >= 0.6 is 0 Å². The van der Waals surface area contributed by atoms with Gasteiger partial charge in [-0.1, -0.05) is 36.4 Å². The van der Waals surface area contributed by atoms with Gasteiger partial charge in [-0.3, -0.25) is 13.9 Å². The van der Waals surface area contributed by atoms with Gasteiger partial charge in [0.05, 0.1) is 10.6 Å². The molecule has 39 heavy (non-hydrogen) atoms. The second kappa shape index (κ2) is 12.2. The largest absolute Gasteiger partial charge is 0.486 e. The SMILES string of the molecule is CCNC(=O)[C@H](C)N(Cc1ccccc1F)C(=O)CN(c1ccc2c(c1)OCCO2)S(=O)(=O)c1ccccc1. The lowest BCUT2D eigenvalue weighted by atomic mass is 10.1. The Morgan fingerprint density at radius 3 is 2.33 bits per heavy atom. The summed E-state index contributed by atoms with van der Waals surface area (Å²) in [7, 11) is -4.23. The molecule has 0 fully saturated rings. The van der Waals surface area contributed by atoms with Gasteiger partial charge in [0, 0.05) is 24.7 Å². The van der Waals surface area contributed by atoms with Crippen LogP contribution in [0.3, 0.4) is 0 Å². The van der Waals surface area contributed by atoms with E-state index in [1.54, 1.807) is 37.3 Å². The smallest absolute Gasteiger partial charge is 0.264 e. The van der Waals surface area contributed by atoms with Crippen LogP contribution in [0.4, 0.5) is 10.1 Å². The Kier molecular flexibility index (Phi) is 8.70. The maximum atomic E-state index is 14.6. The molecule has 9 nitrogen and oxygen atoms in total. The molecule has 0 radical (unpaired) electrons. The summed E-state index contributed by atoms with van der Waals surface area (Å²) in [6.07, 6.45) is 0. The molecule has 0 saturated heterocycles. The zero-order chi connectivity index (χ0) is 28.0. The summed E-state index contributed by atoms with van der Waals surface area (Å²) in [5, 5.41) is 2.67. The van der Waals surface area contributed by atoms with E-state index >= 15 is 0 Å². The molecule has 3 aromatic carbocycles. The van der Waals surface area contributed by atoms with E-state index in [1.165, 1.54) is 54.3 Å². The van der Waals surface area contributed by atoms with E-state index in [1.807, 2.05) is 0 Å². The van der Waals surface area contributed by atoms with E-state index < -0.39 is 40.2 Å². The second-order valence-electron chi connectivity index (χ2n) is 8.84. The van der Waals surface area contributed by atoms with E-state index in [4.69, 9.17) is 9.47 Å². The van der Waals surface area contributed by atoms with Crippen LogP contribution in [0.5, 0.6) is 11.5 Å². The standard InChI is InChI=1S/C28H30FN3O6S/c1-3-30-28(34)20(2)31(18-21-9-7-8-12-24(21)29)27(33)19-32(39(35,36)23-10-5-4-6-11-23)22-13-14-25-26(17-22)38-16-15-37-25/h4-14,17,20H,3,15-16,18-19H2,1-2H3,(H,30,34)/t20-/m0/s1. The van der Waals surface area contributed by atoms with Gasteiger partial charge in [0.2, 0.25) is 11.8 Å². The fourth-order valence-corrected chi connectivity index (χ4v) is 5.58. The van der Waals surface area contributed by atoms with Crippen LogP contribution in [-0.2, 0) is 26.2 Å². The molecule has 3 aromatic rings. The van der Waals surface area contributed by atoms with Crippen molar-refractivity contribution in [1.82, 2.24) is 10.2 Å². The third kappa shape index (κ3) is 6.31. The topological polar surface area (TPSA) is 105 Å². The van der Waals surface area contributed by atoms with E-state index in [-0.39, 0.29) is 22.7 Å². The van der Waals surface area contributed by atoms with Gasteiger partial charge in [-0.25, -0.2) is 12.8 Å². The summed E-state index contributed by atoms with van der Waals surface area (Å²) in [6, 6.07) is 17.2. The molecule has 4 rings (SSSR count). The number of likely N-dealkylation sites (N-methyl/N-ethyl adjacent to an activating group) is 1. The summed E-state index contributed by atoms with van der Waals surface area (Å²) < 4.78 is 54.4. The molecule has 1 heterocycles. The number of rotatable bonds is 10. The molecule has 1 aliphatic heterocycles. The fraction of sp³-hybridized carbons (Fsp3) is 0.286. The summed E-state index contributed by atoms with van der Waals surface area (Å²) >= 11 is 0. The number of nitrogens with zero attached hydrogens (tertiary/aromatic N) is 2. The molecule has 0 bridgehead atoms. The number of benzene rings is 3. The van der Waals surface area contributed by atoms with Crippen molar-refractivity contribution in [2.24, 2.45) is 0 Å². The average Bonchev–Trinajstić information content (AvgIpc) is 2.95. The maximum Gasteiger partial charge on any atom is 0.264 e. The predicted molar refractivity (Wildman–Crippen MR) is 144 cm³/mol. The lowest BCUT2D eigenvalue weighted by Gasteiger charge is -2.32. The normalized spacial score (nSPS) is 13.3. The first-order valence-corrected chi connectivity index (χ1v) is 13.9. The number of carbonyl (C=O) groups is 2. The maximum absolute atomic E-state index is 14.6. The van der Waals surface area contributed by atoms with Crippen molar-refractivity contribution in [1.29, 1.82) is 0 Å². The highest BCUT2D eigenvalue weighted by Gasteiger charge is 2.33. The minimum atomic E-state index is -4.23. The minimum absolute atomic E-state index is 0.0230. The number of halogens is 1. The number of amides is 2. The van der Waals surface area contributed by atoms with Crippen molar-refractivity contribution in [2.45, 2.75) is 31.3 Å². The molecule has 11 heteroatoms. The van der Waals surface area contributed by atoms with Crippen molar-refractivity contribution in [3.63, 3.8) is 0 Å². The zero-order valence-corrected chi connectivity index (χ0v) is 22.5. The average molecular weight is 556 g/mol.